The minimum Gasteiger partial charge on any atom is -0.478 e. The van der Waals surface area contributed by atoms with Gasteiger partial charge in [0.15, 0.2) is 0 Å². The Morgan fingerprint density at radius 3 is 2.70 bits per heavy atom. The fourth-order valence-corrected chi connectivity index (χ4v) is 3.42. The second kappa shape index (κ2) is 4.96. The molecular formula is C15H20N2O3. The van der Waals surface area contributed by atoms with Crippen LogP contribution >= 0.6 is 0 Å². The van der Waals surface area contributed by atoms with E-state index in [4.69, 9.17) is 0 Å². The molecule has 1 N–H and O–H groups in total. The zero-order valence-corrected chi connectivity index (χ0v) is 11.8. The molecule has 3 heterocycles. The maximum absolute atomic E-state index is 12.7. The summed E-state index contributed by atoms with van der Waals surface area (Å²) in [6.45, 7) is 3.60. The number of fused-ring (bicyclic) bond motifs is 1. The lowest BCUT2D eigenvalue weighted by Crippen LogP contribution is -2.35. The Balaban J connectivity index is 2.01. The molecule has 5 nitrogen and oxygen atoms in total. The predicted molar refractivity (Wildman–Crippen MR) is 74.1 cm³/mol. The van der Waals surface area contributed by atoms with Crippen LogP contribution in [0.4, 0.5) is 0 Å². The number of aromatic carboxylic acids is 1. The first-order valence-corrected chi connectivity index (χ1v) is 7.36. The monoisotopic (exact) mass is 276 g/mol. The summed E-state index contributed by atoms with van der Waals surface area (Å²) in [5, 5.41) is 9.32. The van der Waals surface area contributed by atoms with Crippen LogP contribution in [-0.4, -0.2) is 39.0 Å². The van der Waals surface area contributed by atoms with Crippen LogP contribution in [0.25, 0.3) is 0 Å². The Hall–Kier alpha value is -1.78. The highest BCUT2D eigenvalue weighted by Crippen LogP contribution is 2.27. The van der Waals surface area contributed by atoms with Crippen LogP contribution in [-0.2, 0) is 13.0 Å². The molecule has 2 aliphatic rings. The van der Waals surface area contributed by atoms with Crippen molar-refractivity contribution in [2.24, 2.45) is 0 Å². The summed E-state index contributed by atoms with van der Waals surface area (Å²) in [6.07, 6.45) is 4.83. The van der Waals surface area contributed by atoms with Crippen molar-refractivity contribution in [1.82, 2.24) is 9.47 Å². The molecule has 1 saturated heterocycles. The standard InChI is InChI=1S/C15H20N2O3/c1-10-5-4-8-16(10)14(18)13-9-11(15(19)20)12-6-2-3-7-17(12)13/h9-10H,2-8H2,1H3,(H,19,20). The van der Waals surface area contributed by atoms with Gasteiger partial charge in [-0.3, -0.25) is 4.79 Å². The van der Waals surface area contributed by atoms with Gasteiger partial charge < -0.3 is 14.6 Å². The highest BCUT2D eigenvalue weighted by atomic mass is 16.4. The van der Waals surface area contributed by atoms with Gasteiger partial charge in [-0.15, -0.1) is 0 Å². The Kier molecular flexibility index (Phi) is 3.28. The third-order valence-electron chi connectivity index (χ3n) is 4.52. The number of carboxylic acid groups (broad SMARTS) is 1. The molecule has 0 spiro atoms. The fourth-order valence-electron chi connectivity index (χ4n) is 3.42. The van der Waals surface area contributed by atoms with E-state index in [1.165, 1.54) is 0 Å². The lowest BCUT2D eigenvalue weighted by atomic mass is 10.1. The van der Waals surface area contributed by atoms with Crippen LogP contribution in [0.3, 0.4) is 0 Å². The van der Waals surface area contributed by atoms with Crippen molar-refractivity contribution >= 4 is 11.9 Å². The van der Waals surface area contributed by atoms with E-state index in [-0.39, 0.29) is 11.9 Å². The minimum absolute atomic E-state index is 0.00866. The van der Waals surface area contributed by atoms with E-state index in [0.29, 0.717) is 11.3 Å². The number of rotatable bonds is 2. The van der Waals surface area contributed by atoms with E-state index in [1.54, 1.807) is 6.07 Å². The van der Waals surface area contributed by atoms with Gasteiger partial charge in [-0.05, 0) is 45.1 Å². The highest BCUT2D eigenvalue weighted by Gasteiger charge is 2.31. The van der Waals surface area contributed by atoms with E-state index < -0.39 is 5.97 Å². The maximum atomic E-state index is 12.7. The first-order valence-electron chi connectivity index (χ1n) is 7.36. The van der Waals surface area contributed by atoms with Crippen LogP contribution < -0.4 is 0 Å². The van der Waals surface area contributed by atoms with Gasteiger partial charge in [-0.2, -0.15) is 0 Å². The molecule has 5 heteroatoms. The maximum Gasteiger partial charge on any atom is 0.337 e. The van der Waals surface area contributed by atoms with Crippen LogP contribution in [0, 0.1) is 0 Å². The molecule has 108 valence electrons. The largest absolute Gasteiger partial charge is 0.478 e. The van der Waals surface area contributed by atoms with E-state index in [1.807, 2.05) is 9.47 Å². The van der Waals surface area contributed by atoms with Crippen molar-refractivity contribution in [3.05, 3.63) is 23.0 Å². The lowest BCUT2D eigenvalue weighted by Gasteiger charge is -2.24. The second-order valence-electron chi connectivity index (χ2n) is 5.79. The van der Waals surface area contributed by atoms with Gasteiger partial charge in [-0.1, -0.05) is 0 Å². The molecule has 1 aromatic rings. The molecule has 0 aromatic carbocycles. The number of carbonyl (C=O) groups excluding carboxylic acids is 1. The van der Waals surface area contributed by atoms with E-state index in [2.05, 4.69) is 6.92 Å². The number of carbonyl (C=O) groups is 2. The number of carboxylic acids is 1. The molecule has 1 aromatic heterocycles. The quantitative estimate of drug-likeness (QED) is 0.900. The Bertz CT molecular complexity index is 562. The van der Waals surface area contributed by atoms with Crippen molar-refractivity contribution in [3.8, 4) is 0 Å². The first kappa shape index (κ1) is 13.2. The van der Waals surface area contributed by atoms with Gasteiger partial charge in [0.25, 0.3) is 5.91 Å². The van der Waals surface area contributed by atoms with Gasteiger partial charge in [0.05, 0.1) is 5.56 Å². The Morgan fingerprint density at radius 1 is 1.25 bits per heavy atom. The summed E-state index contributed by atoms with van der Waals surface area (Å²) >= 11 is 0. The second-order valence-corrected chi connectivity index (χ2v) is 5.79. The third-order valence-corrected chi connectivity index (χ3v) is 4.52. The molecule has 1 fully saturated rings. The number of amides is 1. The van der Waals surface area contributed by atoms with Crippen LogP contribution in [0.2, 0.25) is 0 Å². The normalized spacial score (nSPS) is 21.9. The van der Waals surface area contributed by atoms with Gasteiger partial charge in [0.2, 0.25) is 0 Å². The molecule has 1 amide bonds. The molecule has 20 heavy (non-hydrogen) atoms. The predicted octanol–water partition coefficient (Wildman–Crippen LogP) is 2.15. The number of aromatic nitrogens is 1. The fraction of sp³-hybridized carbons (Fsp3) is 0.600. The number of likely N-dealkylation sites (tertiary alicyclic amines) is 1. The van der Waals surface area contributed by atoms with Crippen molar-refractivity contribution in [2.75, 3.05) is 6.54 Å². The summed E-state index contributed by atoms with van der Waals surface area (Å²) < 4.78 is 1.93. The van der Waals surface area contributed by atoms with Gasteiger partial charge >= 0.3 is 5.97 Å². The van der Waals surface area contributed by atoms with E-state index in [9.17, 15) is 14.7 Å². The van der Waals surface area contributed by atoms with Gasteiger partial charge in [-0.25, -0.2) is 4.79 Å². The molecule has 0 radical (unpaired) electrons. The van der Waals surface area contributed by atoms with Crippen molar-refractivity contribution in [1.29, 1.82) is 0 Å². The van der Waals surface area contributed by atoms with Gasteiger partial charge in [0, 0.05) is 24.8 Å². The van der Waals surface area contributed by atoms with E-state index in [0.717, 1.165) is 50.9 Å². The molecular weight excluding hydrogens is 256 g/mol. The van der Waals surface area contributed by atoms with Gasteiger partial charge in [0.1, 0.15) is 5.69 Å². The minimum atomic E-state index is -0.927. The van der Waals surface area contributed by atoms with Crippen molar-refractivity contribution in [3.63, 3.8) is 0 Å². The third kappa shape index (κ3) is 2.01. The molecule has 2 aliphatic heterocycles. The van der Waals surface area contributed by atoms with Crippen molar-refractivity contribution in [2.45, 2.75) is 51.6 Å². The zero-order valence-electron chi connectivity index (χ0n) is 11.8. The summed E-state index contributed by atoms with van der Waals surface area (Å²) in [4.78, 5) is 25.9. The Labute approximate surface area is 118 Å². The molecule has 1 unspecified atom stereocenters. The summed E-state index contributed by atoms with van der Waals surface area (Å²) in [6, 6.07) is 1.83. The summed E-state index contributed by atoms with van der Waals surface area (Å²) in [7, 11) is 0. The SMILES string of the molecule is CC1CCCN1C(=O)c1cc(C(=O)O)c2n1CCCC2. The number of hydrogen-bond donors (Lipinski definition) is 1. The van der Waals surface area contributed by atoms with Crippen LogP contribution in [0.15, 0.2) is 6.07 Å². The average molecular weight is 276 g/mol. The summed E-state index contributed by atoms with van der Waals surface area (Å²) in [5.41, 5.74) is 1.68. The van der Waals surface area contributed by atoms with Crippen LogP contribution in [0.5, 0.6) is 0 Å². The number of hydrogen-bond acceptors (Lipinski definition) is 2. The molecule has 3 rings (SSSR count). The average Bonchev–Trinajstić information content (AvgIpc) is 3.01. The first-order chi connectivity index (χ1) is 9.59. The summed E-state index contributed by atoms with van der Waals surface area (Å²) in [5.74, 6) is -0.935. The highest BCUT2D eigenvalue weighted by molar-refractivity contribution is 5.98. The Morgan fingerprint density at radius 2 is 2.05 bits per heavy atom. The topological polar surface area (TPSA) is 62.5 Å². The molecule has 0 aliphatic carbocycles. The zero-order chi connectivity index (χ0) is 14.3. The smallest absolute Gasteiger partial charge is 0.337 e. The van der Waals surface area contributed by atoms with E-state index >= 15 is 0 Å². The molecule has 0 bridgehead atoms. The lowest BCUT2D eigenvalue weighted by molar-refractivity contribution is 0.0694. The molecule has 1 atom stereocenters. The van der Waals surface area contributed by atoms with Crippen LogP contribution in [0.1, 0.15) is 59.1 Å². The molecule has 0 saturated carbocycles. The van der Waals surface area contributed by atoms with Crippen molar-refractivity contribution < 1.29 is 14.7 Å². The number of nitrogens with zero attached hydrogens (tertiary/aromatic N) is 2.